The fraction of sp³-hybridized carbons (Fsp3) is 0.692. The molecule has 0 saturated heterocycles. The Morgan fingerprint density at radius 2 is 0.955 bits per heavy atom. The molecule has 44 heavy (non-hydrogen) atoms. The SMILES string of the molecule is CCCCCC=CCC=CCC=CCC=CCC=CCCC(=O)OC[C@H](CO)OC(=O)CCCCCCCCCCCCC. The van der Waals surface area contributed by atoms with E-state index in [1.165, 1.54) is 77.0 Å². The number of aliphatic hydroxyl groups is 1. The van der Waals surface area contributed by atoms with Gasteiger partial charge >= 0.3 is 11.9 Å². The number of hydrogen-bond donors (Lipinski definition) is 1. The Balaban J connectivity index is 3.74. The van der Waals surface area contributed by atoms with Crippen LogP contribution in [0.4, 0.5) is 0 Å². The van der Waals surface area contributed by atoms with Crippen LogP contribution < -0.4 is 0 Å². The minimum absolute atomic E-state index is 0.106. The monoisotopic (exact) mass is 614 g/mol. The van der Waals surface area contributed by atoms with E-state index in [-0.39, 0.29) is 31.6 Å². The number of unbranched alkanes of at least 4 members (excludes halogenated alkanes) is 13. The van der Waals surface area contributed by atoms with Crippen LogP contribution in [0.1, 0.15) is 155 Å². The molecule has 0 fully saturated rings. The zero-order chi connectivity index (χ0) is 32.2. The standard InChI is InChI=1S/C39H66O5/c1-3-5-7-9-11-13-15-16-17-18-19-20-21-22-24-25-27-29-31-33-38(41)43-36-37(35-40)44-39(42)34-32-30-28-26-23-14-12-10-8-6-4-2/h11,13,16-17,19-20,22,24,27,29,37,40H,3-10,12,14-15,18,21,23,25-26,28,30-36H2,1-2H3/t37-/m0/s1. The molecule has 0 aliphatic heterocycles. The van der Waals surface area contributed by atoms with Crippen molar-refractivity contribution in [1.29, 1.82) is 0 Å². The molecular weight excluding hydrogens is 548 g/mol. The second-order valence-electron chi connectivity index (χ2n) is 11.6. The van der Waals surface area contributed by atoms with Crippen molar-refractivity contribution in [2.75, 3.05) is 13.2 Å². The minimum atomic E-state index is -0.799. The largest absolute Gasteiger partial charge is 0.462 e. The summed E-state index contributed by atoms with van der Waals surface area (Å²) in [5, 5.41) is 9.50. The van der Waals surface area contributed by atoms with Gasteiger partial charge < -0.3 is 14.6 Å². The number of aliphatic hydroxyl groups excluding tert-OH is 1. The van der Waals surface area contributed by atoms with Crippen LogP contribution in [0.5, 0.6) is 0 Å². The van der Waals surface area contributed by atoms with Crippen molar-refractivity contribution in [2.45, 2.75) is 161 Å². The molecule has 5 nitrogen and oxygen atoms in total. The molecule has 0 unspecified atom stereocenters. The maximum Gasteiger partial charge on any atom is 0.306 e. The van der Waals surface area contributed by atoms with Crippen molar-refractivity contribution in [1.82, 2.24) is 0 Å². The molecule has 0 aliphatic carbocycles. The van der Waals surface area contributed by atoms with E-state index in [0.717, 1.165) is 44.9 Å². The lowest BCUT2D eigenvalue weighted by atomic mass is 10.1. The van der Waals surface area contributed by atoms with E-state index in [1.54, 1.807) is 0 Å². The Labute approximate surface area is 271 Å². The quantitative estimate of drug-likeness (QED) is 0.0478. The minimum Gasteiger partial charge on any atom is -0.462 e. The number of ether oxygens (including phenoxy) is 2. The summed E-state index contributed by atoms with van der Waals surface area (Å²) in [7, 11) is 0. The summed E-state index contributed by atoms with van der Waals surface area (Å²) < 4.78 is 10.5. The molecule has 5 heteroatoms. The second kappa shape index (κ2) is 35.1. The van der Waals surface area contributed by atoms with Gasteiger partial charge in [-0.1, -0.05) is 152 Å². The molecule has 0 bridgehead atoms. The van der Waals surface area contributed by atoms with Gasteiger partial charge in [-0.2, -0.15) is 0 Å². The van der Waals surface area contributed by atoms with E-state index >= 15 is 0 Å². The molecule has 0 aromatic carbocycles. The van der Waals surface area contributed by atoms with Crippen LogP contribution in [-0.2, 0) is 19.1 Å². The highest BCUT2D eigenvalue weighted by Crippen LogP contribution is 2.12. The fourth-order valence-electron chi connectivity index (χ4n) is 4.59. The van der Waals surface area contributed by atoms with Gasteiger partial charge in [0, 0.05) is 12.8 Å². The van der Waals surface area contributed by atoms with E-state index in [0.29, 0.717) is 12.8 Å². The molecule has 0 heterocycles. The van der Waals surface area contributed by atoms with Crippen LogP contribution in [0.2, 0.25) is 0 Å². The zero-order valence-electron chi connectivity index (χ0n) is 28.4. The van der Waals surface area contributed by atoms with E-state index in [9.17, 15) is 14.7 Å². The zero-order valence-corrected chi connectivity index (χ0v) is 28.4. The van der Waals surface area contributed by atoms with Crippen LogP contribution in [-0.4, -0.2) is 36.4 Å². The van der Waals surface area contributed by atoms with Gasteiger partial charge in [0.1, 0.15) is 6.61 Å². The molecule has 1 atom stereocenters. The van der Waals surface area contributed by atoms with Crippen LogP contribution in [0.3, 0.4) is 0 Å². The Morgan fingerprint density at radius 1 is 0.523 bits per heavy atom. The lowest BCUT2D eigenvalue weighted by Gasteiger charge is -2.15. The number of esters is 2. The molecule has 1 N–H and O–H groups in total. The van der Waals surface area contributed by atoms with E-state index in [1.807, 2.05) is 12.2 Å². The topological polar surface area (TPSA) is 72.8 Å². The summed E-state index contributed by atoms with van der Waals surface area (Å²) in [5.41, 5.74) is 0. The molecule has 0 aromatic heterocycles. The molecule has 0 aliphatic rings. The first kappa shape index (κ1) is 41.6. The average molecular weight is 615 g/mol. The summed E-state index contributed by atoms with van der Waals surface area (Å²) in [6.45, 7) is 4.01. The first-order valence-electron chi connectivity index (χ1n) is 17.8. The predicted molar refractivity (Wildman–Crippen MR) is 187 cm³/mol. The lowest BCUT2D eigenvalue weighted by Crippen LogP contribution is -2.28. The summed E-state index contributed by atoms with van der Waals surface area (Å²) in [6.07, 6.45) is 44.3. The lowest BCUT2D eigenvalue weighted by molar-refractivity contribution is -0.161. The summed E-state index contributed by atoms with van der Waals surface area (Å²) >= 11 is 0. The Kier molecular flexibility index (Phi) is 33.2. The van der Waals surface area contributed by atoms with Gasteiger partial charge in [0.15, 0.2) is 6.10 Å². The summed E-state index contributed by atoms with van der Waals surface area (Å²) in [4.78, 5) is 24.1. The van der Waals surface area contributed by atoms with Gasteiger partial charge in [0.05, 0.1) is 6.61 Å². The molecular formula is C39H66O5. The fourth-order valence-corrected chi connectivity index (χ4v) is 4.59. The third-order valence-corrected chi connectivity index (χ3v) is 7.33. The van der Waals surface area contributed by atoms with Gasteiger partial charge in [-0.15, -0.1) is 0 Å². The third kappa shape index (κ3) is 32.5. The number of carbonyl (C=O) groups is 2. The smallest absolute Gasteiger partial charge is 0.306 e. The average Bonchev–Trinajstić information content (AvgIpc) is 3.02. The second-order valence-corrected chi connectivity index (χ2v) is 11.6. The van der Waals surface area contributed by atoms with E-state index in [2.05, 4.69) is 62.5 Å². The van der Waals surface area contributed by atoms with Gasteiger partial charge in [-0.05, 0) is 51.4 Å². The highest BCUT2D eigenvalue weighted by Gasteiger charge is 2.15. The Morgan fingerprint density at radius 3 is 1.45 bits per heavy atom. The van der Waals surface area contributed by atoms with Gasteiger partial charge in [0.2, 0.25) is 0 Å². The van der Waals surface area contributed by atoms with Crippen molar-refractivity contribution < 1.29 is 24.2 Å². The van der Waals surface area contributed by atoms with Crippen LogP contribution in [0.25, 0.3) is 0 Å². The molecule has 0 radical (unpaired) electrons. The predicted octanol–water partition coefficient (Wildman–Crippen LogP) is 10.8. The first-order chi connectivity index (χ1) is 21.6. The molecule has 0 saturated carbocycles. The highest BCUT2D eigenvalue weighted by atomic mass is 16.6. The van der Waals surface area contributed by atoms with Crippen LogP contribution in [0, 0.1) is 0 Å². The molecule has 0 amide bonds. The molecule has 0 spiro atoms. The van der Waals surface area contributed by atoms with Crippen molar-refractivity contribution in [3.63, 3.8) is 0 Å². The number of hydrogen-bond acceptors (Lipinski definition) is 5. The van der Waals surface area contributed by atoms with Crippen molar-refractivity contribution in [2.24, 2.45) is 0 Å². The van der Waals surface area contributed by atoms with Crippen molar-refractivity contribution in [3.05, 3.63) is 60.8 Å². The third-order valence-electron chi connectivity index (χ3n) is 7.33. The van der Waals surface area contributed by atoms with Crippen LogP contribution in [0.15, 0.2) is 60.8 Å². The van der Waals surface area contributed by atoms with Gasteiger partial charge in [0.25, 0.3) is 0 Å². The van der Waals surface area contributed by atoms with Crippen molar-refractivity contribution >= 4 is 11.9 Å². The van der Waals surface area contributed by atoms with Gasteiger partial charge in [-0.25, -0.2) is 0 Å². The first-order valence-corrected chi connectivity index (χ1v) is 17.8. The van der Waals surface area contributed by atoms with Crippen LogP contribution >= 0.6 is 0 Å². The Bertz CT molecular complexity index is 792. The summed E-state index contributed by atoms with van der Waals surface area (Å²) in [5.74, 6) is -0.692. The number of allylic oxidation sites excluding steroid dienone is 10. The number of carbonyl (C=O) groups excluding carboxylic acids is 2. The maximum atomic E-state index is 12.1. The van der Waals surface area contributed by atoms with E-state index < -0.39 is 6.10 Å². The highest BCUT2D eigenvalue weighted by molar-refractivity contribution is 5.70. The summed E-state index contributed by atoms with van der Waals surface area (Å²) in [6, 6.07) is 0. The Hall–Kier alpha value is -2.40. The molecule has 0 aromatic rings. The molecule has 0 rings (SSSR count). The normalized spacial score (nSPS) is 12.9. The molecule has 252 valence electrons. The van der Waals surface area contributed by atoms with E-state index in [4.69, 9.17) is 9.47 Å². The van der Waals surface area contributed by atoms with Gasteiger partial charge in [-0.3, -0.25) is 9.59 Å². The number of rotatable bonds is 31. The maximum absolute atomic E-state index is 12.1. The van der Waals surface area contributed by atoms with Crippen molar-refractivity contribution in [3.8, 4) is 0 Å².